The van der Waals surface area contributed by atoms with E-state index in [-0.39, 0.29) is 0 Å². The lowest BCUT2D eigenvalue weighted by Crippen LogP contribution is -2.23. The standard InChI is InChI=1S/C10H19N/c1-8(2)10-5-4-6-11-9(3)7-10/h7-9,11H,4-6H2,1-3H3/t9-/m1/s1. The molecule has 0 aromatic rings. The molecule has 0 radical (unpaired) electrons. The molecule has 0 fully saturated rings. The third-order valence-electron chi connectivity index (χ3n) is 2.31. The molecule has 1 rings (SSSR count). The largest absolute Gasteiger partial charge is 0.311 e. The van der Waals surface area contributed by atoms with E-state index in [9.17, 15) is 0 Å². The Bertz CT molecular complexity index is 147. The van der Waals surface area contributed by atoms with E-state index in [0.717, 1.165) is 5.92 Å². The minimum Gasteiger partial charge on any atom is -0.311 e. The molecular weight excluding hydrogens is 134 g/mol. The predicted molar refractivity (Wildman–Crippen MR) is 49.6 cm³/mol. The maximum absolute atomic E-state index is 3.45. The van der Waals surface area contributed by atoms with Crippen LogP contribution in [0.2, 0.25) is 0 Å². The van der Waals surface area contributed by atoms with Gasteiger partial charge in [-0.05, 0) is 32.2 Å². The summed E-state index contributed by atoms with van der Waals surface area (Å²) in [5, 5.41) is 3.45. The average Bonchev–Trinajstić information content (AvgIpc) is 2.13. The average molecular weight is 153 g/mol. The number of hydrogen-bond donors (Lipinski definition) is 1. The van der Waals surface area contributed by atoms with Gasteiger partial charge >= 0.3 is 0 Å². The van der Waals surface area contributed by atoms with Gasteiger partial charge in [0.15, 0.2) is 0 Å². The molecule has 0 amide bonds. The fourth-order valence-electron chi connectivity index (χ4n) is 1.57. The van der Waals surface area contributed by atoms with E-state index >= 15 is 0 Å². The van der Waals surface area contributed by atoms with E-state index in [1.807, 2.05) is 0 Å². The maximum atomic E-state index is 3.45. The highest BCUT2D eigenvalue weighted by Crippen LogP contribution is 2.18. The highest BCUT2D eigenvalue weighted by Gasteiger charge is 2.09. The first-order valence-corrected chi connectivity index (χ1v) is 4.64. The Morgan fingerprint density at radius 2 is 2.27 bits per heavy atom. The van der Waals surface area contributed by atoms with Gasteiger partial charge in [0.2, 0.25) is 0 Å². The maximum Gasteiger partial charge on any atom is 0.0224 e. The number of rotatable bonds is 1. The molecule has 1 N–H and O–H groups in total. The van der Waals surface area contributed by atoms with Crippen LogP contribution in [0, 0.1) is 5.92 Å². The van der Waals surface area contributed by atoms with Gasteiger partial charge in [-0.25, -0.2) is 0 Å². The van der Waals surface area contributed by atoms with Crippen molar-refractivity contribution in [2.24, 2.45) is 5.92 Å². The molecule has 0 saturated carbocycles. The molecule has 0 aromatic carbocycles. The molecule has 1 heterocycles. The minimum atomic E-state index is 0.579. The van der Waals surface area contributed by atoms with E-state index in [0.29, 0.717) is 6.04 Å². The first-order chi connectivity index (χ1) is 5.20. The molecule has 0 saturated heterocycles. The zero-order chi connectivity index (χ0) is 8.27. The zero-order valence-electron chi connectivity index (χ0n) is 7.85. The first kappa shape index (κ1) is 8.79. The molecule has 0 unspecified atom stereocenters. The predicted octanol–water partition coefficient (Wildman–Crippen LogP) is 2.34. The fourth-order valence-corrected chi connectivity index (χ4v) is 1.57. The summed E-state index contributed by atoms with van der Waals surface area (Å²) in [6.45, 7) is 7.97. The van der Waals surface area contributed by atoms with E-state index < -0.39 is 0 Å². The topological polar surface area (TPSA) is 12.0 Å². The van der Waals surface area contributed by atoms with Gasteiger partial charge in [-0.3, -0.25) is 0 Å². The van der Waals surface area contributed by atoms with Crippen LogP contribution < -0.4 is 5.32 Å². The summed E-state index contributed by atoms with van der Waals surface area (Å²) in [6, 6.07) is 0.579. The van der Waals surface area contributed by atoms with Gasteiger partial charge in [-0.15, -0.1) is 0 Å². The molecule has 64 valence electrons. The van der Waals surface area contributed by atoms with Crippen LogP contribution in [0.1, 0.15) is 33.6 Å². The van der Waals surface area contributed by atoms with Crippen LogP contribution >= 0.6 is 0 Å². The Hall–Kier alpha value is -0.300. The smallest absolute Gasteiger partial charge is 0.0224 e. The summed E-state index contributed by atoms with van der Waals surface area (Å²) < 4.78 is 0. The summed E-state index contributed by atoms with van der Waals surface area (Å²) in [7, 11) is 0. The third-order valence-corrected chi connectivity index (χ3v) is 2.31. The van der Waals surface area contributed by atoms with Crippen LogP contribution in [0.25, 0.3) is 0 Å². The molecule has 0 aromatic heterocycles. The number of hydrogen-bond acceptors (Lipinski definition) is 1. The van der Waals surface area contributed by atoms with Crippen molar-refractivity contribution in [2.45, 2.75) is 39.7 Å². The highest BCUT2D eigenvalue weighted by atomic mass is 14.9. The second-order valence-electron chi connectivity index (χ2n) is 3.74. The summed E-state index contributed by atoms with van der Waals surface area (Å²) in [6.07, 6.45) is 4.97. The van der Waals surface area contributed by atoms with Gasteiger partial charge in [0.25, 0.3) is 0 Å². The minimum absolute atomic E-state index is 0.579. The molecule has 11 heavy (non-hydrogen) atoms. The summed E-state index contributed by atoms with van der Waals surface area (Å²) in [4.78, 5) is 0. The van der Waals surface area contributed by atoms with Gasteiger partial charge in [0.1, 0.15) is 0 Å². The van der Waals surface area contributed by atoms with Gasteiger partial charge < -0.3 is 5.32 Å². The van der Waals surface area contributed by atoms with Gasteiger partial charge in [0.05, 0.1) is 0 Å². The quantitative estimate of drug-likeness (QED) is 0.570. The molecular formula is C10H19N. The lowest BCUT2D eigenvalue weighted by molar-refractivity contribution is 0.624. The van der Waals surface area contributed by atoms with Gasteiger partial charge in [-0.1, -0.05) is 25.5 Å². The van der Waals surface area contributed by atoms with Crippen molar-refractivity contribution in [2.75, 3.05) is 6.54 Å². The first-order valence-electron chi connectivity index (χ1n) is 4.64. The fraction of sp³-hybridized carbons (Fsp3) is 0.800. The van der Waals surface area contributed by atoms with Crippen molar-refractivity contribution in [1.82, 2.24) is 5.32 Å². The molecule has 1 atom stereocenters. The Morgan fingerprint density at radius 1 is 1.55 bits per heavy atom. The lowest BCUT2D eigenvalue weighted by Gasteiger charge is -2.09. The van der Waals surface area contributed by atoms with Crippen molar-refractivity contribution in [3.63, 3.8) is 0 Å². The molecule has 1 nitrogen and oxygen atoms in total. The van der Waals surface area contributed by atoms with Crippen LogP contribution in [0.5, 0.6) is 0 Å². The Kier molecular flexibility index (Phi) is 3.13. The molecule has 1 aliphatic rings. The second-order valence-corrected chi connectivity index (χ2v) is 3.74. The van der Waals surface area contributed by atoms with Crippen LogP contribution in [0.4, 0.5) is 0 Å². The van der Waals surface area contributed by atoms with Crippen LogP contribution in [-0.4, -0.2) is 12.6 Å². The second kappa shape index (κ2) is 3.91. The number of allylic oxidation sites excluding steroid dienone is 1. The summed E-state index contributed by atoms with van der Waals surface area (Å²) in [5.41, 5.74) is 1.63. The van der Waals surface area contributed by atoms with E-state index in [4.69, 9.17) is 0 Å². The summed E-state index contributed by atoms with van der Waals surface area (Å²) >= 11 is 0. The van der Waals surface area contributed by atoms with Crippen molar-refractivity contribution >= 4 is 0 Å². The molecule has 0 bridgehead atoms. The Labute approximate surface area is 69.9 Å². The van der Waals surface area contributed by atoms with Gasteiger partial charge in [-0.2, -0.15) is 0 Å². The van der Waals surface area contributed by atoms with E-state index in [1.54, 1.807) is 5.57 Å². The SMILES string of the molecule is CC(C)C1=C[C@@H](C)NCCC1. The van der Waals surface area contributed by atoms with Crippen molar-refractivity contribution < 1.29 is 0 Å². The van der Waals surface area contributed by atoms with Crippen LogP contribution in [-0.2, 0) is 0 Å². The van der Waals surface area contributed by atoms with Gasteiger partial charge in [0, 0.05) is 6.04 Å². The lowest BCUT2D eigenvalue weighted by atomic mass is 9.98. The molecule has 1 heteroatoms. The van der Waals surface area contributed by atoms with Crippen LogP contribution in [0.15, 0.2) is 11.6 Å². The third kappa shape index (κ3) is 2.66. The normalized spacial score (nSPS) is 26.5. The Balaban J connectivity index is 2.59. The van der Waals surface area contributed by atoms with Crippen molar-refractivity contribution in [3.8, 4) is 0 Å². The number of nitrogens with one attached hydrogen (secondary N) is 1. The zero-order valence-corrected chi connectivity index (χ0v) is 7.85. The Morgan fingerprint density at radius 3 is 2.91 bits per heavy atom. The molecule has 0 spiro atoms. The van der Waals surface area contributed by atoms with Crippen molar-refractivity contribution in [3.05, 3.63) is 11.6 Å². The monoisotopic (exact) mass is 153 g/mol. The molecule has 1 aliphatic heterocycles. The highest BCUT2D eigenvalue weighted by molar-refractivity contribution is 5.10. The van der Waals surface area contributed by atoms with E-state index in [1.165, 1.54) is 19.4 Å². The van der Waals surface area contributed by atoms with Crippen molar-refractivity contribution in [1.29, 1.82) is 0 Å². The molecule has 0 aliphatic carbocycles. The van der Waals surface area contributed by atoms with Crippen LogP contribution in [0.3, 0.4) is 0 Å². The summed E-state index contributed by atoms with van der Waals surface area (Å²) in [5.74, 6) is 0.734. The van der Waals surface area contributed by atoms with E-state index in [2.05, 4.69) is 32.2 Å².